The second kappa shape index (κ2) is 8.11. The highest BCUT2D eigenvalue weighted by molar-refractivity contribution is 5.90. The van der Waals surface area contributed by atoms with Gasteiger partial charge in [-0.05, 0) is 18.1 Å². The molecule has 0 unspecified atom stereocenters. The van der Waals surface area contributed by atoms with E-state index in [9.17, 15) is 9.59 Å². The van der Waals surface area contributed by atoms with E-state index in [1.165, 1.54) is 0 Å². The summed E-state index contributed by atoms with van der Waals surface area (Å²) >= 11 is 0. The monoisotopic (exact) mass is 407 g/mol. The van der Waals surface area contributed by atoms with E-state index in [2.05, 4.69) is 15.2 Å². The number of anilines is 2. The van der Waals surface area contributed by atoms with E-state index in [1.54, 1.807) is 0 Å². The molecule has 3 rings (SSSR count). The lowest BCUT2D eigenvalue weighted by Crippen LogP contribution is -2.46. The van der Waals surface area contributed by atoms with Gasteiger partial charge in [0.25, 0.3) is 5.95 Å². The minimum absolute atomic E-state index is 0.126. The molecule has 0 atom stereocenters. The SMILES string of the molecule is CC(c1ccccc1)(c1ccccc1)c1nnc(N(N)C(N)=O)nc1N(N)C(N)=O. The van der Waals surface area contributed by atoms with Crippen molar-refractivity contribution in [1.29, 1.82) is 0 Å². The van der Waals surface area contributed by atoms with E-state index < -0.39 is 17.5 Å². The Bertz CT molecular complexity index is 1020. The van der Waals surface area contributed by atoms with E-state index in [1.807, 2.05) is 67.6 Å². The molecule has 4 amide bonds. The lowest BCUT2D eigenvalue weighted by atomic mass is 9.73. The predicted octanol–water partition coefficient (Wildman–Crippen LogP) is 0.744. The third-order valence-electron chi connectivity index (χ3n) is 4.75. The van der Waals surface area contributed by atoms with Crippen LogP contribution < -0.4 is 33.2 Å². The number of primary amides is 2. The summed E-state index contributed by atoms with van der Waals surface area (Å²) < 4.78 is 0. The largest absolute Gasteiger partial charge is 0.350 e. The molecule has 3 aromatic rings. The van der Waals surface area contributed by atoms with E-state index in [-0.39, 0.29) is 17.5 Å². The molecular formula is C19H21N9O2. The van der Waals surface area contributed by atoms with Gasteiger partial charge in [-0.25, -0.2) is 26.3 Å². The number of amides is 4. The number of hydrogen-bond donors (Lipinski definition) is 4. The first kappa shape index (κ1) is 20.6. The molecule has 30 heavy (non-hydrogen) atoms. The van der Waals surface area contributed by atoms with Crippen molar-refractivity contribution in [3.63, 3.8) is 0 Å². The number of nitrogens with two attached hydrogens (primary N) is 4. The Morgan fingerprint density at radius 3 is 1.70 bits per heavy atom. The van der Waals surface area contributed by atoms with E-state index in [4.69, 9.17) is 23.2 Å². The maximum Gasteiger partial charge on any atom is 0.336 e. The molecule has 2 aromatic carbocycles. The first-order valence-electron chi connectivity index (χ1n) is 8.81. The van der Waals surface area contributed by atoms with Gasteiger partial charge in [-0.3, -0.25) is 0 Å². The minimum Gasteiger partial charge on any atom is -0.350 e. The van der Waals surface area contributed by atoms with Crippen molar-refractivity contribution in [3.05, 3.63) is 77.5 Å². The van der Waals surface area contributed by atoms with Crippen molar-refractivity contribution in [3.8, 4) is 0 Å². The Morgan fingerprint density at radius 2 is 1.27 bits per heavy atom. The van der Waals surface area contributed by atoms with Gasteiger partial charge in [0.05, 0.1) is 5.41 Å². The van der Waals surface area contributed by atoms with Crippen molar-refractivity contribution in [2.75, 3.05) is 10.0 Å². The highest BCUT2D eigenvalue weighted by Crippen LogP contribution is 2.40. The highest BCUT2D eigenvalue weighted by atomic mass is 16.2. The van der Waals surface area contributed by atoms with Crippen LogP contribution in [-0.2, 0) is 5.41 Å². The normalized spacial score (nSPS) is 11.0. The Kier molecular flexibility index (Phi) is 5.58. The predicted molar refractivity (Wildman–Crippen MR) is 111 cm³/mol. The summed E-state index contributed by atoms with van der Waals surface area (Å²) in [5.41, 5.74) is 11.5. The summed E-state index contributed by atoms with van der Waals surface area (Å²) in [5, 5.41) is 9.26. The molecule has 0 radical (unpaired) electrons. The zero-order valence-corrected chi connectivity index (χ0v) is 16.1. The molecule has 0 saturated carbocycles. The smallest absolute Gasteiger partial charge is 0.336 e. The summed E-state index contributed by atoms with van der Waals surface area (Å²) in [6, 6.07) is 16.8. The van der Waals surface area contributed by atoms with Crippen LogP contribution in [0, 0.1) is 0 Å². The second-order valence-electron chi connectivity index (χ2n) is 6.56. The first-order valence-corrected chi connectivity index (χ1v) is 8.81. The maximum absolute atomic E-state index is 11.9. The minimum atomic E-state index is -1.02. The Hall–Kier alpha value is -4.09. The zero-order valence-electron chi connectivity index (χ0n) is 16.1. The van der Waals surface area contributed by atoms with Crippen LogP contribution in [0.15, 0.2) is 60.7 Å². The Morgan fingerprint density at radius 1 is 0.800 bits per heavy atom. The van der Waals surface area contributed by atoms with Gasteiger partial charge in [0.2, 0.25) is 0 Å². The number of urea groups is 2. The van der Waals surface area contributed by atoms with Crippen molar-refractivity contribution in [1.82, 2.24) is 15.2 Å². The van der Waals surface area contributed by atoms with Gasteiger partial charge in [0.15, 0.2) is 5.82 Å². The van der Waals surface area contributed by atoms with Crippen LogP contribution in [0.5, 0.6) is 0 Å². The first-order chi connectivity index (χ1) is 14.3. The van der Waals surface area contributed by atoms with Gasteiger partial charge >= 0.3 is 12.1 Å². The molecule has 0 spiro atoms. The number of carbonyl (C=O) groups excluding carboxylic acids is 2. The van der Waals surface area contributed by atoms with E-state index in [0.717, 1.165) is 11.1 Å². The fourth-order valence-electron chi connectivity index (χ4n) is 3.09. The second-order valence-corrected chi connectivity index (χ2v) is 6.56. The Balaban J connectivity index is 2.33. The molecule has 1 aromatic heterocycles. The maximum atomic E-state index is 11.9. The summed E-state index contributed by atoms with van der Waals surface area (Å²) in [7, 11) is 0. The van der Waals surface area contributed by atoms with Crippen LogP contribution >= 0.6 is 0 Å². The van der Waals surface area contributed by atoms with Crippen LogP contribution in [0.1, 0.15) is 23.7 Å². The number of benzene rings is 2. The van der Waals surface area contributed by atoms with Gasteiger partial charge in [-0.1, -0.05) is 60.7 Å². The van der Waals surface area contributed by atoms with Crippen molar-refractivity contribution in [2.45, 2.75) is 12.3 Å². The summed E-state index contributed by atoms with van der Waals surface area (Å²) in [4.78, 5) is 27.4. The molecule has 0 saturated heterocycles. The topological polar surface area (TPSA) is 183 Å². The molecule has 0 aliphatic heterocycles. The van der Waals surface area contributed by atoms with Crippen LogP contribution in [0.25, 0.3) is 0 Å². The highest BCUT2D eigenvalue weighted by Gasteiger charge is 2.38. The molecule has 8 N–H and O–H groups in total. The molecule has 154 valence electrons. The van der Waals surface area contributed by atoms with E-state index >= 15 is 0 Å². The van der Waals surface area contributed by atoms with Crippen molar-refractivity contribution >= 4 is 23.8 Å². The van der Waals surface area contributed by atoms with Gasteiger partial charge in [0, 0.05) is 0 Å². The fraction of sp³-hybridized carbons (Fsp3) is 0.105. The lowest BCUT2D eigenvalue weighted by Gasteiger charge is -2.32. The molecule has 11 heteroatoms. The Labute approximate surface area is 172 Å². The molecule has 0 aliphatic carbocycles. The number of rotatable bonds is 5. The third kappa shape index (κ3) is 3.62. The quantitative estimate of drug-likeness (QED) is 0.273. The third-order valence-corrected chi connectivity index (χ3v) is 4.75. The zero-order chi connectivity index (χ0) is 21.9. The van der Waals surface area contributed by atoms with Crippen LogP contribution in [0.2, 0.25) is 0 Å². The summed E-state index contributed by atoms with van der Waals surface area (Å²) in [6.45, 7) is 1.88. The number of aromatic nitrogens is 3. The standard InChI is InChI=1S/C19H21N9O2/c1-19(12-8-4-2-5-9-12,13-10-6-3-7-11-13)14-15(27(22)16(20)29)24-18(26-25-14)28(23)17(21)30/h2-11H,22-23H2,1H3,(H2,20,29)(H2,21,30). The van der Waals surface area contributed by atoms with Crippen LogP contribution in [-0.4, -0.2) is 27.2 Å². The van der Waals surface area contributed by atoms with E-state index in [0.29, 0.717) is 10.0 Å². The molecule has 0 aliphatic rings. The number of carbonyl (C=O) groups is 2. The van der Waals surface area contributed by atoms with Crippen molar-refractivity contribution in [2.24, 2.45) is 23.2 Å². The lowest BCUT2D eigenvalue weighted by molar-refractivity contribution is 0.253. The molecule has 0 fully saturated rings. The number of hydrogen-bond acceptors (Lipinski definition) is 7. The fourth-order valence-corrected chi connectivity index (χ4v) is 3.09. The average molecular weight is 407 g/mol. The molecule has 1 heterocycles. The molecule has 11 nitrogen and oxygen atoms in total. The molecule has 0 bridgehead atoms. The van der Waals surface area contributed by atoms with Gasteiger partial charge < -0.3 is 11.5 Å². The van der Waals surface area contributed by atoms with Gasteiger partial charge in [-0.2, -0.15) is 9.99 Å². The molecular weight excluding hydrogens is 386 g/mol. The number of hydrazine groups is 2. The average Bonchev–Trinajstić information content (AvgIpc) is 2.78. The van der Waals surface area contributed by atoms with Crippen LogP contribution in [0.4, 0.5) is 21.4 Å². The number of nitrogens with zero attached hydrogens (tertiary/aromatic N) is 5. The van der Waals surface area contributed by atoms with Gasteiger partial charge in [-0.15, -0.1) is 10.2 Å². The summed E-state index contributed by atoms with van der Waals surface area (Å²) in [6.07, 6.45) is 0. The van der Waals surface area contributed by atoms with Gasteiger partial charge in [0.1, 0.15) is 5.69 Å². The summed E-state index contributed by atoms with van der Waals surface area (Å²) in [5.74, 6) is 11.0. The van der Waals surface area contributed by atoms with Crippen molar-refractivity contribution < 1.29 is 9.59 Å². The van der Waals surface area contributed by atoms with Crippen LogP contribution in [0.3, 0.4) is 0 Å².